The van der Waals surface area contributed by atoms with Crippen molar-refractivity contribution in [2.24, 2.45) is 0 Å². The Labute approximate surface area is 294 Å². The molecule has 2 aromatic carbocycles. The number of nitrogens with zero attached hydrogens (tertiary/aromatic N) is 4. The Morgan fingerprint density at radius 3 is 2.67 bits per heavy atom. The van der Waals surface area contributed by atoms with Crippen LogP contribution in [0.15, 0.2) is 57.7 Å². The standard InChI is InChI=1S/C38H32F2N6O4S/c1-18-16-20-17-28(51-34(20)35(41-18)43-25-14-11-23-22(25)10-12-24(40)33(23)49-2)30-29(36-44-45-38(48)50-36)26(13-7-19-5-8-21(39)9-6-19)42-32-27-4-3-15-46(27)37(47)31(30)32/h5-6,8-10,12,16-17,25,27H,3-4,7,11,13-15H2,1-2H3,(H,41,43)(H,45,48)/t25-,27+/m1/s1. The van der Waals surface area contributed by atoms with Crippen LogP contribution in [0.5, 0.6) is 5.75 Å². The molecule has 6 heterocycles. The number of carbonyl (C=O) groups excluding carboxylic acids is 1. The zero-order valence-corrected chi connectivity index (χ0v) is 28.6. The number of ether oxygens (including phenoxy) is 1. The highest BCUT2D eigenvalue weighted by atomic mass is 32.1. The molecule has 51 heavy (non-hydrogen) atoms. The first-order valence-corrected chi connectivity index (χ1v) is 17.8. The number of hydrogen-bond acceptors (Lipinski definition) is 9. The van der Waals surface area contributed by atoms with Crippen molar-refractivity contribution < 1.29 is 22.7 Å². The minimum Gasteiger partial charge on any atom is -0.493 e. The minimum absolute atomic E-state index is 0.0492. The number of carbonyl (C=O) groups is 1. The lowest BCUT2D eigenvalue weighted by Gasteiger charge is -2.17. The molecule has 13 heteroatoms. The molecule has 2 aliphatic heterocycles. The number of thiophene rings is 1. The number of fused-ring (bicyclic) bond motifs is 5. The monoisotopic (exact) mass is 706 g/mol. The van der Waals surface area contributed by atoms with Crippen LogP contribution in [-0.4, -0.2) is 44.6 Å². The van der Waals surface area contributed by atoms with Crippen LogP contribution in [0.1, 0.15) is 75.5 Å². The molecule has 0 bridgehead atoms. The van der Waals surface area contributed by atoms with Gasteiger partial charge < -0.3 is 19.4 Å². The van der Waals surface area contributed by atoms with Crippen molar-refractivity contribution in [3.8, 4) is 27.6 Å². The van der Waals surface area contributed by atoms with E-state index in [1.807, 2.05) is 24.0 Å². The van der Waals surface area contributed by atoms with Gasteiger partial charge in [-0.15, -0.1) is 16.4 Å². The number of halogens is 2. The number of pyridine rings is 2. The van der Waals surface area contributed by atoms with E-state index in [-0.39, 0.29) is 41.3 Å². The van der Waals surface area contributed by atoms with Gasteiger partial charge in [-0.1, -0.05) is 18.2 Å². The number of aryl methyl sites for hydroxylation is 3. The van der Waals surface area contributed by atoms with Gasteiger partial charge in [-0.25, -0.2) is 23.7 Å². The van der Waals surface area contributed by atoms with Gasteiger partial charge in [-0.3, -0.25) is 9.78 Å². The molecule has 0 radical (unpaired) electrons. The number of H-pyrrole nitrogens is 1. The third-order valence-corrected chi connectivity index (χ3v) is 11.4. The Morgan fingerprint density at radius 2 is 1.88 bits per heavy atom. The van der Waals surface area contributed by atoms with Crippen molar-refractivity contribution in [3.63, 3.8) is 0 Å². The number of nitrogens with one attached hydrogen (secondary N) is 2. The second-order valence-corrected chi connectivity index (χ2v) is 14.3. The van der Waals surface area contributed by atoms with Crippen molar-refractivity contribution >= 4 is 33.1 Å². The summed E-state index contributed by atoms with van der Waals surface area (Å²) >= 11 is 1.49. The lowest BCUT2D eigenvalue weighted by molar-refractivity contribution is 0.0776. The third kappa shape index (κ3) is 5.21. The molecule has 1 saturated heterocycles. The first-order valence-electron chi connectivity index (χ1n) is 17.0. The number of aromatic nitrogens is 4. The molecule has 0 saturated carbocycles. The molecule has 0 spiro atoms. The van der Waals surface area contributed by atoms with E-state index in [2.05, 4.69) is 15.5 Å². The number of anilines is 1. The summed E-state index contributed by atoms with van der Waals surface area (Å²) in [5.74, 6) is -0.502. The molecule has 1 aliphatic carbocycles. The summed E-state index contributed by atoms with van der Waals surface area (Å²) in [6.07, 6.45) is 4.08. The van der Waals surface area contributed by atoms with Crippen LogP contribution in [0, 0.1) is 18.6 Å². The van der Waals surface area contributed by atoms with Crippen LogP contribution in [0.4, 0.5) is 14.6 Å². The molecule has 0 unspecified atom stereocenters. The minimum atomic E-state index is -0.719. The summed E-state index contributed by atoms with van der Waals surface area (Å²) in [5, 5.41) is 11.2. The van der Waals surface area contributed by atoms with Gasteiger partial charge in [0.25, 0.3) is 11.8 Å². The highest BCUT2D eigenvalue weighted by Gasteiger charge is 2.45. The average molecular weight is 707 g/mol. The number of aromatic amines is 1. The molecule has 1 fully saturated rings. The van der Waals surface area contributed by atoms with Gasteiger partial charge in [0.05, 0.1) is 46.4 Å². The lowest BCUT2D eigenvalue weighted by atomic mass is 9.93. The Hall–Kier alpha value is -5.43. The molecule has 9 rings (SSSR count). The molecule has 2 atom stereocenters. The van der Waals surface area contributed by atoms with Crippen LogP contribution in [0.2, 0.25) is 0 Å². The second-order valence-electron chi connectivity index (χ2n) is 13.3. The predicted molar refractivity (Wildman–Crippen MR) is 188 cm³/mol. The molecule has 258 valence electrons. The molecule has 4 aromatic heterocycles. The van der Waals surface area contributed by atoms with Gasteiger partial charge in [0, 0.05) is 28.2 Å². The van der Waals surface area contributed by atoms with Gasteiger partial charge in [0.15, 0.2) is 11.6 Å². The maximum absolute atomic E-state index is 14.5. The smallest absolute Gasteiger partial charge is 0.434 e. The fourth-order valence-electron chi connectivity index (χ4n) is 8.04. The Morgan fingerprint density at radius 1 is 1.04 bits per heavy atom. The second kappa shape index (κ2) is 12.1. The van der Waals surface area contributed by atoms with Gasteiger partial charge in [0.2, 0.25) is 0 Å². The van der Waals surface area contributed by atoms with Crippen LogP contribution < -0.4 is 15.8 Å². The molecule has 6 aromatic rings. The van der Waals surface area contributed by atoms with E-state index in [0.717, 1.165) is 62.3 Å². The summed E-state index contributed by atoms with van der Waals surface area (Å²) < 4.78 is 40.1. The fourth-order valence-corrected chi connectivity index (χ4v) is 9.19. The van der Waals surface area contributed by atoms with E-state index in [0.29, 0.717) is 54.0 Å². The van der Waals surface area contributed by atoms with Crippen molar-refractivity contribution in [2.45, 2.75) is 57.5 Å². The zero-order valence-electron chi connectivity index (χ0n) is 27.8. The van der Waals surface area contributed by atoms with Crippen molar-refractivity contribution in [1.29, 1.82) is 0 Å². The zero-order chi connectivity index (χ0) is 35.0. The number of rotatable bonds is 8. The summed E-state index contributed by atoms with van der Waals surface area (Å²) in [5.41, 5.74) is 6.51. The summed E-state index contributed by atoms with van der Waals surface area (Å²) in [7, 11) is 1.49. The van der Waals surface area contributed by atoms with Crippen LogP contribution in [-0.2, 0) is 19.3 Å². The molecule has 3 aliphatic rings. The van der Waals surface area contributed by atoms with Gasteiger partial charge >= 0.3 is 5.76 Å². The number of amides is 1. The van der Waals surface area contributed by atoms with E-state index < -0.39 is 5.76 Å². The molecule has 10 nitrogen and oxygen atoms in total. The van der Waals surface area contributed by atoms with E-state index >= 15 is 0 Å². The molecule has 1 amide bonds. The van der Waals surface area contributed by atoms with Crippen LogP contribution >= 0.6 is 11.3 Å². The normalized spacial score (nSPS) is 17.6. The highest BCUT2D eigenvalue weighted by molar-refractivity contribution is 7.23. The summed E-state index contributed by atoms with van der Waals surface area (Å²) in [6.45, 7) is 2.57. The number of hydrogen-bond donors (Lipinski definition) is 2. The van der Waals surface area contributed by atoms with Gasteiger partial charge in [0.1, 0.15) is 11.6 Å². The molecular weight excluding hydrogens is 675 g/mol. The third-order valence-electron chi connectivity index (χ3n) is 10.3. The van der Waals surface area contributed by atoms with Crippen LogP contribution in [0.3, 0.4) is 0 Å². The van der Waals surface area contributed by atoms with E-state index in [4.69, 9.17) is 19.1 Å². The topological polar surface area (TPSA) is 126 Å². The van der Waals surface area contributed by atoms with E-state index in [1.165, 1.54) is 36.6 Å². The largest absolute Gasteiger partial charge is 0.493 e. The number of benzene rings is 2. The fraction of sp³-hybridized carbons (Fsp3) is 0.289. The van der Waals surface area contributed by atoms with E-state index in [9.17, 15) is 18.4 Å². The first-order chi connectivity index (χ1) is 24.8. The maximum Gasteiger partial charge on any atom is 0.434 e. The van der Waals surface area contributed by atoms with Crippen molar-refractivity contribution in [3.05, 3.63) is 110 Å². The highest BCUT2D eigenvalue weighted by Crippen LogP contribution is 2.51. The number of methoxy groups -OCH3 is 1. The lowest BCUT2D eigenvalue weighted by Crippen LogP contribution is -2.22. The average Bonchev–Trinajstić information content (AvgIpc) is 3.96. The Kier molecular flexibility index (Phi) is 7.49. The van der Waals surface area contributed by atoms with Crippen LogP contribution in [0.25, 0.3) is 32.0 Å². The quantitative estimate of drug-likeness (QED) is 0.167. The molecule has 2 N–H and O–H groups in total. The molecular formula is C38H32F2N6O4S. The van der Waals surface area contributed by atoms with Crippen molar-refractivity contribution in [1.82, 2.24) is 25.1 Å². The summed E-state index contributed by atoms with van der Waals surface area (Å²) in [4.78, 5) is 39.3. The van der Waals surface area contributed by atoms with Gasteiger partial charge in [-0.05, 0) is 92.3 Å². The first kappa shape index (κ1) is 31.5. The van der Waals surface area contributed by atoms with E-state index in [1.54, 1.807) is 18.2 Å². The Balaban J connectivity index is 1.21. The predicted octanol–water partition coefficient (Wildman–Crippen LogP) is 7.47. The van der Waals surface area contributed by atoms with Gasteiger partial charge in [-0.2, -0.15) is 0 Å². The maximum atomic E-state index is 14.5. The Bertz CT molecular complexity index is 2440. The SMILES string of the molecule is COc1c(F)ccc2c1CC[C@H]2Nc1nc(C)cc2cc(-c3c4c(nc(CCc5ccc(F)cc5)c3-c3n[nH]c(=O)o3)[C@@H]3CCCN3C4=O)sc12. The van der Waals surface area contributed by atoms with Crippen molar-refractivity contribution in [2.75, 3.05) is 19.0 Å². The summed E-state index contributed by atoms with van der Waals surface area (Å²) in [6, 6.07) is 13.4.